The Morgan fingerprint density at radius 2 is 1.82 bits per heavy atom. The first-order valence-electron chi connectivity index (χ1n) is 10.9. The summed E-state index contributed by atoms with van der Waals surface area (Å²) in [5.74, 6) is 0.537. The minimum atomic E-state index is -0.289. The number of amides is 2. The van der Waals surface area contributed by atoms with Crippen LogP contribution in [-0.2, 0) is 4.79 Å². The number of furan rings is 1. The highest BCUT2D eigenvalue weighted by atomic mass is 32.1. The van der Waals surface area contributed by atoms with Crippen LogP contribution in [0.1, 0.15) is 17.0 Å². The van der Waals surface area contributed by atoms with Gasteiger partial charge in [0.05, 0.1) is 11.6 Å². The van der Waals surface area contributed by atoms with E-state index in [2.05, 4.69) is 15.3 Å². The average molecular weight is 480 g/mol. The molecule has 1 fully saturated rings. The number of piperazine rings is 1. The summed E-state index contributed by atoms with van der Waals surface area (Å²) in [6.45, 7) is 2.34. The lowest BCUT2D eigenvalue weighted by atomic mass is 10.1. The second kappa shape index (κ2) is 9.60. The second-order valence-corrected chi connectivity index (χ2v) is 8.74. The minimum Gasteiger partial charge on any atom is -0.459 e. The fourth-order valence-corrected chi connectivity index (χ4v) is 4.93. The zero-order valence-corrected chi connectivity index (χ0v) is 19.1. The maximum absolute atomic E-state index is 13.3. The van der Waals surface area contributed by atoms with Gasteiger partial charge in [0.2, 0.25) is 5.91 Å². The number of carbonyl (C=O) groups is 2. The molecule has 174 valence electrons. The van der Waals surface area contributed by atoms with Crippen molar-refractivity contribution in [1.29, 1.82) is 0 Å². The smallest absolute Gasteiger partial charge is 0.289 e. The zero-order chi connectivity index (χ0) is 23.5. The van der Waals surface area contributed by atoms with Gasteiger partial charge in [-0.05, 0) is 29.8 Å². The van der Waals surface area contributed by atoms with Crippen LogP contribution in [0.4, 0.5) is 10.2 Å². The number of nitrogens with one attached hydrogen (secondary N) is 1. The number of rotatable bonds is 6. The molecule has 4 heterocycles. The van der Waals surface area contributed by atoms with Crippen molar-refractivity contribution in [2.24, 2.45) is 0 Å². The van der Waals surface area contributed by atoms with E-state index in [1.807, 2.05) is 5.38 Å². The molecule has 1 aliphatic rings. The van der Waals surface area contributed by atoms with E-state index in [4.69, 9.17) is 4.42 Å². The Kier molecular flexibility index (Phi) is 6.22. The van der Waals surface area contributed by atoms with Gasteiger partial charge in [-0.25, -0.2) is 14.4 Å². The Hall–Kier alpha value is -3.79. The summed E-state index contributed by atoms with van der Waals surface area (Å²) in [5.41, 5.74) is 1.80. The molecule has 34 heavy (non-hydrogen) atoms. The summed E-state index contributed by atoms with van der Waals surface area (Å²) < 4.78 is 18.5. The topological polar surface area (TPSA) is 91.6 Å². The SMILES string of the molecule is O=C(CCNc1ncnc2scc(-c3ccc(F)cc3)c12)N1CCN(C(=O)c2ccco2)CC1. The number of benzene rings is 1. The van der Waals surface area contributed by atoms with E-state index in [-0.39, 0.29) is 17.6 Å². The van der Waals surface area contributed by atoms with Gasteiger partial charge in [0.15, 0.2) is 5.76 Å². The monoisotopic (exact) mass is 479 g/mol. The molecule has 4 aromatic rings. The number of thiophene rings is 1. The summed E-state index contributed by atoms with van der Waals surface area (Å²) in [7, 11) is 0. The van der Waals surface area contributed by atoms with E-state index >= 15 is 0 Å². The summed E-state index contributed by atoms with van der Waals surface area (Å²) in [6, 6.07) is 9.64. The fraction of sp³-hybridized carbons (Fsp3) is 0.250. The van der Waals surface area contributed by atoms with E-state index in [0.29, 0.717) is 50.7 Å². The van der Waals surface area contributed by atoms with Gasteiger partial charge in [-0.15, -0.1) is 11.3 Å². The molecule has 0 bridgehead atoms. The summed E-state index contributed by atoms with van der Waals surface area (Å²) in [5, 5.41) is 6.10. The van der Waals surface area contributed by atoms with Crippen LogP contribution in [-0.4, -0.2) is 64.3 Å². The molecule has 8 nitrogen and oxygen atoms in total. The number of aromatic nitrogens is 2. The van der Waals surface area contributed by atoms with Crippen LogP contribution < -0.4 is 5.32 Å². The Morgan fingerprint density at radius 1 is 1.06 bits per heavy atom. The van der Waals surface area contributed by atoms with Gasteiger partial charge >= 0.3 is 0 Å². The van der Waals surface area contributed by atoms with Gasteiger partial charge in [0.25, 0.3) is 5.91 Å². The maximum Gasteiger partial charge on any atom is 0.289 e. The number of halogens is 1. The largest absolute Gasteiger partial charge is 0.459 e. The number of fused-ring (bicyclic) bond motifs is 1. The minimum absolute atomic E-state index is 0.0203. The first-order valence-corrected chi connectivity index (χ1v) is 11.8. The van der Waals surface area contributed by atoms with Crippen molar-refractivity contribution in [3.8, 4) is 11.1 Å². The van der Waals surface area contributed by atoms with Crippen LogP contribution in [0.15, 0.2) is 58.8 Å². The average Bonchev–Trinajstić information content (AvgIpc) is 3.55. The summed E-state index contributed by atoms with van der Waals surface area (Å²) in [4.78, 5) is 38.1. The van der Waals surface area contributed by atoms with Crippen molar-refractivity contribution in [3.05, 3.63) is 65.9 Å². The first-order chi connectivity index (χ1) is 16.6. The Labute approximate surface area is 199 Å². The molecule has 0 spiro atoms. The van der Waals surface area contributed by atoms with Crippen molar-refractivity contribution >= 4 is 39.2 Å². The lowest BCUT2D eigenvalue weighted by Gasteiger charge is -2.34. The molecule has 0 unspecified atom stereocenters. The van der Waals surface area contributed by atoms with E-state index in [0.717, 1.165) is 21.3 Å². The van der Waals surface area contributed by atoms with Crippen LogP contribution in [0.3, 0.4) is 0 Å². The van der Waals surface area contributed by atoms with Crippen LogP contribution >= 0.6 is 11.3 Å². The fourth-order valence-electron chi connectivity index (χ4n) is 4.01. The van der Waals surface area contributed by atoms with E-state index in [1.54, 1.807) is 34.1 Å². The van der Waals surface area contributed by atoms with Gasteiger partial charge in [-0.3, -0.25) is 9.59 Å². The van der Waals surface area contributed by atoms with Crippen molar-refractivity contribution in [1.82, 2.24) is 19.8 Å². The normalized spacial score (nSPS) is 13.9. The molecule has 2 amide bonds. The molecule has 0 atom stereocenters. The highest BCUT2D eigenvalue weighted by molar-refractivity contribution is 7.17. The molecule has 1 saturated heterocycles. The molecular weight excluding hydrogens is 457 g/mol. The predicted octanol–water partition coefficient (Wildman–Crippen LogP) is 3.88. The van der Waals surface area contributed by atoms with Crippen molar-refractivity contribution < 1.29 is 18.4 Å². The van der Waals surface area contributed by atoms with Gasteiger partial charge in [-0.1, -0.05) is 12.1 Å². The number of carbonyl (C=O) groups excluding carboxylic acids is 2. The maximum atomic E-state index is 13.3. The molecular formula is C24H22FN5O3S. The van der Waals surface area contributed by atoms with Crippen molar-refractivity contribution in [2.45, 2.75) is 6.42 Å². The molecule has 5 rings (SSSR count). The van der Waals surface area contributed by atoms with Gasteiger partial charge in [0, 0.05) is 50.1 Å². The third-order valence-corrected chi connectivity index (χ3v) is 6.69. The van der Waals surface area contributed by atoms with Gasteiger partial charge < -0.3 is 19.5 Å². The van der Waals surface area contributed by atoms with Crippen LogP contribution in [0.25, 0.3) is 21.3 Å². The van der Waals surface area contributed by atoms with E-state index in [1.165, 1.54) is 36.1 Å². The number of nitrogens with zero attached hydrogens (tertiary/aromatic N) is 4. The number of anilines is 1. The van der Waals surface area contributed by atoms with Crippen LogP contribution in [0.2, 0.25) is 0 Å². The lowest BCUT2D eigenvalue weighted by molar-refractivity contribution is -0.132. The third kappa shape index (κ3) is 4.49. The number of hydrogen-bond acceptors (Lipinski definition) is 7. The predicted molar refractivity (Wildman–Crippen MR) is 127 cm³/mol. The highest BCUT2D eigenvalue weighted by Gasteiger charge is 2.26. The van der Waals surface area contributed by atoms with Crippen LogP contribution in [0, 0.1) is 5.82 Å². The standard InChI is InChI=1S/C24H22FN5O3S/c25-17-5-3-16(4-6-17)18-14-34-23-21(18)22(27-15-28-23)26-8-7-20(31)29-9-11-30(12-10-29)24(32)19-2-1-13-33-19/h1-6,13-15H,7-12H2,(H,26,27,28). The quantitative estimate of drug-likeness (QED) is 0.451. The summed E-state index contributed by atoms with van der Waals surface area (Å²) >= 11 is 1.49. The second-order valence-electron chi connectivity index (χ2n) is 7.89. The summed E-state index contributed by atoms with van der Waals surface area (Å²) in [6.07, 6.45) is 3.27. The molecule has 0 radical (unpaired) electrons. The zero-order valence-electron chi connectivity index (χ0n) is 18.2. The molecule has 3 aromatic heterocycles. The first kappa shape index (κ1) is 22.0. The highest BCUT2D eigenvalue weighted by Crippen LogP contribution is 2.36. The Balaban J connectivity index is 1.19. The molecule has 10 heteroatoms. The Bertz CT molecular complexity index is 1300. The van der Waals surface area contributed by atoms with Gasteiger partial charge in [0.1, 0.15) is 22.8 Å². The molecule has 1 aromatic carbocycles. The molecule has 0 aliphatic carbocycles. The third-order valence-electron chi connectivity index (χ3n) is 5.81. The van der Waals surface area contributed by atoms with Crippen molar-refractivity contribution in [3.63, 3.8) is 0 Å². The number of hydrogen-bond donors (Lipinski definition) is 1. The van der Waals surface area contributed by atoms with E-state index < -0.39 is 0 Å². The van der Waals surface area contributed by atoms with E-state index in [9.17, 15) is 14.0 Å². The molecule has 0 saturated carbocycles. The Morgan fingerprint density at radius 3 is 2.56 bits per heavy atom. The molecule has 1 aliphatic heterocycles. The van der Waals surface area contributed by atoms with Crippen molar-refractivity contribution in [2.75, 3.05) is 38.0 Å². The van der Waals surface area contributed by atoms with Crippen LogP contribution in [0.5, 0.6) is 0 Å². The molecule has 1 N–H and O–H groups in total. The van der Waals surface area contributed by atoms with Gasteiger partial charge in [-0.2, -0.15) is 0 Å². The lowest BCUT2D eigenvalue weighted by Crippen LogP contribution is -2.50.